The highest BCUT2D eigenvalue weighted by molar-refractivity contribution is 9.11. The van der Waals surface area contributed by atoms with Gasteiger partial charge in [0.05, 0.1) is 5.69 Å². The lowest BCUT2D eigenvalue weighted by atomic mass is 10.1. The Labute approximate surface area is 142 Å². The van der Waals surface area contributed by atoms with Crippen molar-refractivity contribution >= 4 is 65.1 Å². The van der Waals surface area contributed by atoms with Gasteiger partial charge in [0, 0.05) is 24.7 Å². The van der Waals surface area contributed by atoms with Gasteiger partial charge in [-0.2, -0.15) is 0 Å². The third kappa shape index (κ3) is 3.42. The summed E-state index contributed by atoms with van der Waals surface area (Å²) in [5.41, 5.74) is 8.61. The molecule has 2 aromatic rings. The second kappa shape index (κ2) is 6.28. The molecule has 20 heavy (non-hydrogen) atoms. The Kier molecular flexibility index (Phi) is 4.88. The first-order chi connectivity index (χ1) is 9.38. The molecule has 6 heteroatoms. The molecule has 0 heterocycles. The van der Waals surface area contributed by atoms with Gasteiger partial charge in [-0.25, -0.2) is 0 Å². The summed E-state index contributed by atoms with van der Waals surface area (Å²) in [5.74, 6) is -0.213. The number of halogens is 3. The first-order valence-electron chi connectivity index (χ1n) is 5.70. The fourth-order valence-electron chi connectivity index (χ4n) is 1.69. The van der Waals surface area contributed by atoms with E-state index >= 15 is 0 Å². The molecule has 1 amide bonds. The lowest BCUT2D eigenvalue weighted by molar-refractivity contribution is 0.102. The zero-order valence-corrected chi connectivity index (χ0v) is 15.3. The highest BCUT2D eigenvalue weighted by Crippen LogP contribution is 2.32. The van der Waals surface area contributed by atoms with Gasteiger partial charge >= 0.3 is 0 Å². The van der Waals surface area contributed by atoms with Crippen molar-refractivity contribution in [3.63, 3.8) is 0 Å². The molecule has 3 nitrogen and oxygen atoms in total. The van der Waals surface area contributed by atoms with Crippen molar-refractivity contribution in [3.8, 4) is 0 Å². The molecule has 0 bridgehead atoms. The van der Waals surface area contributed by atoms with Gasteiger partial charge in [0.25, 0.3) is 5.91 Å². The molecule has 0 aliphatic carbocycles. The van der Waals surface area contributed by atoms with Crippen molar-refractivity contribution in [1.29, 1.82) is 0 Å². The highest BCUT2D eigenvalue weighted by atomic mass is 79.9. The minimum atomic E-state index is -0.213. The largest absolute Gasteiger partial charge is 0.398 e. The van der Waals surface area contributed by atoms with Crippen LogP contribution in [0, 0.1) is 6.92 Å². The molecule has 2 aromatic carbocycles. The lowest BCUT2D eigenvalue weighted by Gasteiger charge is -2.11. The van der Waals surface area contributed by atoms with Gasteiger partial charge < -0.3 is 11.1 Å². The smallest absolute Gasteiger partial charge is 0.255 e. The summed E-state index contributed by atoms with van der Waals surface area (Å²) in [7, 11) is 0. The van der Waals surface area contributed by atoms with Gasteiger partial charge in [-0.1, -0.05) is 0 Å². The van der Waals surface area contributed by atoms with Crippen molar-refractivity contribution in [2.45, 2.75) is 6.92 Å². The van der Waals surface area contributed by atoms with Crippen LogP contribution in [-0.4, -0.2) is 5.91 Å². The van der Waals surface area contributed by atoms with Crippen LogP contribution >= 0.6 is 47.8 Å². The molecular weight excluding hydrogens is 452 g/mol. The summed E-state index contributed by atoms with van der Waals surface area (Å²) >= 11 is 10.2. The van der Waals surface area contributed by atoms with E-state index in [0.29, 0.717) is 16.9 Å². The maximum Gasteiger partial charge on any atom is 0.255 e. The summed E-state index contributed by atoms with van der Waals surface area (Å²) < 4.78 is 2.41. The van der Waals surface area contributed by atoms with Crippen LogP contribution in [0.15, 0.2) is 43.7 Å². The van der Waals surface area contributed by atoms with Crippen LogP contribution in [0.4, 0.5) is 11.4 Å². The topological polar surface area (TPSA) is 55.1 Å². The number of benzene rings is 2. The minimum absolute atomic E-state index is 0.213. The molecule has 3 N–H and O–H groups in total. The number of aryl methyl sites for hydroxylation is 1. The molecule has 0 saturated heterocycles. The number of carbonyl (C=O) groups excluding carboxylic acids is 1. The number of nitrogens with two attached hydrogens (primary N) is 1. The third-order valence-corrected chi connectivity index (χ3v) is 4.66. The van der Waals surface area contributed by atoms with E-state index in [9.17, 15) is 4.79 Å². The first kappa shape index (κ1) is 15.5. The predicted molar refractivity (Wildman–Crippen MR) is 93.1 cm³/mol. The van der Waals surface area contributed by atoms with Gasteiger partial charge in [-0.05, 0) is 90.6 Å². The Hall–Kier alpha value is -0.850. The lowest BCUT2D eigenvalue weighted by Crippen LogP contribution is -2.13. The Morgan fingerprint density at radius 2 is 1.65 bits per heavy atom. The zero-order chi connectivity index (χ0) is 14.9. The molecule has 0 aliphatic heterocycles. The molecule has 0 fully saturated rings. The quantitative estimate of drug-likeness (QED) is 0.609. The molecular formula is C14H11Br3N2O. The molecule has 0 unspecified atom stereocenters. The molecule has 0 aliphatic rings. The van der Waals surface area contributed by atoms with Gasteiger partial charge in [-0.15, -0.1) is 0 Å². The second-order valence-electron chi connectivity index (χ2n) is 4.29. The number of nitrogens with one attached hydrogen (secondary N) is 1. The van der Waals surface area contributed by atoms with Crippen molar-refractivity contribution in [1.82, 2.24) is 0 Å². The summed E-state index contributed by atoms with van der Waals surface area (Å²) in [6.07, 6.45) is 0. The Morgan fingerprint density at radius 3 is 2.20 bits per heavy atom. The summed E-state index contributed by atoms with van der Waals surface area (Å²) in [6, 6.07) is 8.98. The summed E-state index contributed by atoms with van der Waals surface area (Å²) in [5, 5.41) is 2.87. The normalized spacial score (nSPS) is 10.4. The maximum absolute atomic E-state index is 12.2. The molecule has 2 rings (SSSR count). The number of amides is 1. The molecule has 104 valence electrons. The Balaban J connectivity index is 2.30. The van der Waals surface area contributed by atoms with E-state index < -0.39 is 0 Å². The van der Waals surface area contributed by atoms with Crippen LogP contribution in [0.5, 0.6) is 0 Å². The predicted octanol–water partition coefficient (Wildman–Crippen LogP) is 5.12. The SMILES string of the molecule is Cc1cc(Br)c(NC(=O)c2ccc(Br)c(N)c2)c(Br)c1. The van der Waals surface area contributed by atoms with E-state index in [4.69, 9.17) is 5.73 Å². The van der Waals surface area contributed by atoms with E-state index in [1.807, 2.05) is 19.1 Å². The second-order valence-corrected chi connectivity index (χ2v) is 6.86. The van der Waals surface area contributed by atoms with Crippen LogP contribution in [0.3, 0.4) is 0 Å². The number of rotatable bonds is 2. The van der Waals surface area contributed by atoms with Crippen molar-refractivity contribution < 1.29 is 4.79 Å². The molecule has 0 atom stereocenters. The van der Waals surface area contributed by atoms with E-state index in [2.05, 4.69) is 53.1 Å². The number of nitrogen functional groups attached to an aromatic ring is 1. The number of hydrogen-bond donors (Lipinski definition) is 2. The van der Waals surface area contributed by atoms with E-state index in [1.54, 1.807) is 18.2 Å². The van der Waals surface area contributed by atoms with E-state index in [-0.39, 0.29) is 5.91 Å². The van der Waals surface area contributed by atoms with Gasteiger partial charge in [-0.3, -0.25) is 4.79 Å². The van der Waals surface area contributed by atoms with Crippen LogP contribution in [-0.2, 0) is 0 Å². The number of hydrogen-bond acceptors (Lipinski definition) is 2. The fraction of sp³-hybridized carbons (Fsp3) is 0.0714. The van der Waals surface area contributed by atoms with Gasteiger partial charge in [0.2, 0.25) is 0 Å². The zero-order valence-electron chi connectivity index (χ0n) is 10.5. The minimum Gasteiger partial charge on any atom is -0.398 e. The fourth-order valence-corrected chi connectivity index (χ4v) is 3.55. The standard InChI is InChI=1S/C14H11Br3N2O/c1-7-4-10(16)13(11(17)5-7)19-14(20)8-2-3-9(15)12(18)6-8/h2-6H,18H2,1H3,(H,19,20). The van der Waals surface area contributed by atoms with Crippen molar-refractivity contribution in [2.75, 3.05) is 11.1 Å². The van der Waals surface area contributed by atoms with Crippen molar-refractivity contribution in [3.05, 3.63) is 54.9 Å². The Bertz CT molecular complexity index is 663. The molecule has 0 radical (unpaired) electrons. The first-order valence-corrected chi connectivity index (χ1v) is 8.08. The Morgan fingerprint density at radius 1 is 1.05 bits per heavy atom. The van der Waals surface area contributed by atoms with Gasteiger partial charge in [0.15, 0.2) is 0 Å². The summed E-state index contributed by atoms with van der Waals surface area (Å²) in [4.78, 5) is 12.2. The van der Waals surface area contributed by atoms with Crippen LogP contribution in [0.2, 0.25) is 0 Å². The third-order valence-electron chi connectivity index (χ3n) is 2.68. The average molecular weight is 463 g/mol. The van der Waals surface area contributed by atoms with E-state index in [1.165, 1.54) is 0 Å². The molecule has 0 aromatic heterocycles. The van der Waals surface area contributed by atoms with Crippen molar-refractivity contribution in [2.24, 2.45) is 0 Å². The molecule has 0 spiro atoms. The maximum atomic E-state index is 12.2. The summed E-state index contributed by atoms with van der Waals surface area (Å²) in [6.45, 7) is 1.98. The number of carbonyl (C=O) groups is 1. The van der Waals surface area contributed by atoms with Crippen LogP contribution < -0.4 is 11.1 Å². The van der Waals surface area contributed by atoms with Gasteiger partial charge in [0.1, 0.15) is 0 Å². The van der Waals surface area contributed by atoms with Crippen LogP contribution in [0.25, 0.3) is 0 Å². The van der Waals surface area contributed by atoms with Crippen LogP contribution in [0.1, 0.15) is 15.9 Å². The van der Waals surface area contributed by atoms with E-state index in [0.717, 1.165) is 19.0 Å². The number of anilines is 2. The molecule has 0 saturated carbocycles. The monoisotopic (exact) mass is 460 g/mol. The average Bonchev–Trinajstić information content (AvgIpc) is 2.36. The highest BCUT2D eigenvalue weighted by Gasteiger charge is 2.12.